The number of ether oxygens (including phenoxy) is 2. The average Bonchev–Trinajstić information content (AvgIpc) is 3.22. The van der Waals surface area contributed by atoms with Gasteiger partial charge in [-0.25, -0.2) is 9.97 Å². The van der Waals surface area contributed by atoms with Gasteiger partial charge >= 0.3 is 6.01 Å². The highest BCUT2D eigenvalue weighted by Gasteiger charge is 2.37. The van der Waals surface area contributed by atoms with E-state index in [2.05, 4.69) is 60.0 Å². The Balaban J connectivity index is 1.50. The molecule has 0 aliphatic carbocycles. The van der Waals surface area contributed by atoms with Crippen molar-refractivity contribution in [3.8, 4) is 11.8 Å². The van der Waals surface area contributed by atoms with Crippen LogP contribution in [-0.2, 0) is 16.9 Å². The van der Waals surface area contributed by atoms with Crippen LogP contribution in [0.1, 0.15) is 51.7 Å². The lowest BCUT2D eigenvalue weighted by Crippen LogP contribution is -2.34. The molecule has 1 aromatic heterocycles. The number of fused-ring (bicyclic) bond motifs is 1. The van der Waals surface area contributed by atoms with Gasteiger partial charge in [-0.2, -0.15) is 0 Å². The van der Waals surface area contributed by atoms with Gasteiger partial charge in [-0.3, -0.25) is 5.32 Å². The van der Waals surface area contributed by atoms with Crippen LogP contribution in [0.15, 0.2) is 30.6 Å². The van der Waals surface area contributed by atoms with Gasteiger partial charge < -0.3 is 14.4 Å². The largest absolute Gasteiger partial charge is 0.424 e. The lowest BCUT2D eigenvalue weighted by molar-refractivity contribution is -0.0440. The molecule has 3 heterocycles. The predicted molar refractivity (Wildman–Crippen MR) is 105 cm³/mol. The van der Waals surface area contributed by atoms with E-state index < -0.39 is 0 Å². The predicted octanol–water partition coefficient (Wildman–Crippen LogP) is 3.96. The zero-order chi connectivity index (χ0) is 19.1. The van der Waals surface area contributed by atoms with Gasteiger partial charge in [0.1, 0.15) is 5.75 Å². The van der Waals surface area contributed by atoms with Gasteiger partial charge in [0.15, 0.2) is 0 Å². The summed E-state index contributed by atoms with van der Waals surface area (Å²) in [6.07, 6.45) is 5.55. The number of hydrogen-bond acceptors (Lipinski definition) is 6. The molecule has 2 aliphatic rings. The van der Waals surface area contributed by atoms with Crippen molar-refractivity contribution in [1.29, 1.82) is 0 Å². The Morgan fingerprint density at radius 1 is 1.19 bits per heavy atom. The monoisotopic (exact) mass is 368 g/mol. The van der Waals surface area contributed by atoms with Crippen LogP contribution in [0.4, 0.5) is 5.69 Å². The third-order valence-corrected chi connectivity index (χ3v) is 5.74. The van der Waals surface area contributed by atoms with Gasteiger partial charge in [-0.1, -0.05) is 19.9 Å². The Morgan fingerprint density at radius 2 is 1.93 bits per heavy atom. The third kappa shape index (κ3) is 3.39. The van der Waals surface area contributed by atoms with Crippen molar-refractivity contribution in [3.05, 3.63) is 41.7 Å². The Labute approximate surface area is 160 Å². The molecule has 4 rings (SSSR count). The second-order valence-corrected chi connectivity index (χ2v) is 8.05. The van der Waals surface area contributed by atoms with Crippen LogP contribution in [-0.4, -0.2) is 28.7 Å². The van der Waals surface area contributed by atoms with E-state index in [1.54, 1.807) is 0 Å². The first-order chi connectivity index (χ1) is 12.9. The summed E-state index contributed by atoms with van der Waals surface area (Å²) in [7, 11) is 0. The average molecular weight is 368 g/mol. The van der Waals surface area contributed by atoms with Crippen LogP contribution in [0, 0.1) is 0 Å². The van der Waals surface area contributed by atoms with Gasteiger partial charge in [-0.15, -0.1) is 0 Å². The summed E-state index contributed by atoms with van der Waals surface area (Å²) in [5.74, 6) is 0.752. The van der Waals surface area contributed by atoms with E-state index in [1.165, 1.54) is 11.1 Å². The number of nitrogens with one attached hydrogen (secondary N) is 1. The first-order valence-electron chi connectivity index (χ1n) is 9.72. The van der Waals surface area contributed by atoms with Crippen LogP contribution in [0.2, 0.25) is 0 Å². The van der Waals surface area contributed by atoms with Crippen molar-refractivity contribution in [2.75, 3.05) is 18.1 Å². The number of benzene rings is 1. The first-order valence-corrected chi connectivity index (χ1v) is 9.72. The highest BCUT2D eigenvalue weighted by atomic mass is 16.5. The highest BCUT2D eigenvalue weighted by molar-refractivity contribution is 5.45. The minimum Gasteiger partial charge on any atom is -0.424 e. The second kappa shape index (κ2) is 6.77. The molecule has 1 saturated heterocycles. The molecule has 1 aromatic carbocycles. The normalized spacial score (nSPS) is 19.9. The van der Waals surface area contributed by atoms with Gasteiger partial charge in [0, 0.05) is 12.1 Å². The number of anilines is 1. The zero-order valence-corrected chi connectivity index (χ0v) is 16.6. The maximum Gasteiger partial charge on any atom is 0.322 e. The topological polar surface area (TPSA) is 59.5 Å². The van der Waals surface area contributed by atoms with Crippen molar-refractivity contribution >= 4 is 5.69 Å². The van der Waals surface area contributed by atoms with E-state index in [1.807, 2.05) is 18.5 Å². The molecule has 2 aromatic rings. The molecular formula is C21H28N4O2. The molecule has 0 unspecified atom stereocenters. The van der Waals surface area contributed by atoms with Crippen molar-refractivity contribution in [2.24, 2.45) is 0 Å². The molecule has 0 saturated carbocycles. The van der Waals surface area contributed by atoms with Crippen LogP contribution < -0.4 is 15.0 Å². The number of rotatable bonds is 5. The summed E-state index contributed by atoms with van der Waals surface area (Å²) >= 11 is 0. The van der Waals surface area contributed by atoms with E-state index in [9.17, 15) is 0 Å². The summed E-state index contributed by atoms with van der Waals surface area (Å²) in [5, 5.41) is 3.47. The maximum atomic E-state index is 6.11. The van der Waals surface area contributed by atoms with E-state index in [-0.39, 0.29) is 11.1 Å². The minimum atomic E-state index is -0.199. The van der Waals surface area contributed by atoms with Crippen molar-refractivity contribution in [2.45, 2.75) is 58.3 Å². The fourth-order valence-corrected chi connectivity index (χ4v) is 4.01. The Morgan fingerprint density at radius 3 is 2.56 bits per heavy atom. The molecule has 6 heteroatoms. The summed E-state index contributed by atoms with van der Waals surface area (Å²) in [5.41, 5.74) is 3.37. The molecule has 0 radical (unpaired) electrons. The Bertz CT molecular complexity index is 815. The molecule has 1 N–H and O–H groups in total. The second-order valence-electron chi connectivity index (χ2n) is 8.05. The minimum absolute atomic E-state index is 0.104. The van der Waals surface area contributed by atoms with Crippen LogP contribution in [0.3, 0.4) is 0 Å². The number of aromatic nitrogens is 2. The summed E-state index contributed by atoms with van der Waals surface area (Å²) in [6, 6.07) is 6.50. The lowest BCUT2D eigenvalue weighted by Gasteiger charge is -2.26. The fraction of sp³-hybridized carbons (Fsp3) is 0.524. The molecule has 0 spiro atoms. The number of nitrogens with zero attached hydrogens (tertiary/aromatic N) is 3. The molecule has 144 valence electrons. The lowest BCUT2D eigenvalue weighted by atomic mass is 9.87. The summed E-state index contributed by atoms with van der Waals surface area (Å²) < 4.78 is 12.0. The molecule has 1 fully saturated rings. The maximum absolute atomic E-state index is 6.11. The summed E-state index contributed by atoms with van der Waals surface area (Å²) in [6.45, 7) is 11.1. The van der Waals surface area contributed by atoms with E-state index in [4.69, 9.17) is 9.47 Å². The van der Waals surface area contributed by atoms with E-state index in [0.717, 1.165) is 37.5 Å². The van der Waals surface area contributed by atoms with Crippen LogP contribution in [0.5, 0.6) is 11.8 Å². The molecule has 0 bridgehead atoms. The quantitative estimate of drug-likeness (QED) is 0.862. The van der Waals surface area contributed by atoms with Crippen molar-refractivity contribution in [3.63, 3.8) is 0 Å². The van der Waals surface area contributed by atoms with Gasteiger partial charge in [0.25, 0.3) is 0 Å². The highest BCUT2D eigenvalue weighted by Crippen LogP contribution is 2.43. The van der Waals surface area contributed by atoms with E-state index in [0.29, 0.717) is 12.6 Å². The fourth-order valence-electron chi connectivity index (χ4n) is 4.01. The molecule has 27 heavy (non-hydrogen) atoms. The first kappa shape index (κ1) is 18.2. The van der Waals surface area contributed by atoms with Crippen LogP contribution in [0.25, 0.3) is 0 Å². The van der Waals surface area contributed by atoms with Crippen molar-refractivity contribution in [1.82, 2.24) is 15.3 Å². The SMILES string of the molecule is CCC1(CC)OCc2ccc(Oc3ncc(N4CNC(C)(C)C4)cn3)cc21. The molecule has 0 atom stereocenters. The van der Waals surface area contributed by atoms with Gasteiger partial charge in [0.2, 0.25) is 0 Å². The Hall–Kier alpha value is -2.18. The molecule has 2 aliphatic heterocycles. The molecule has 0 amide bonds. The zero-order valence-electron chi connectivity index (χ0n) is 16.6. The van der Waals surface area contributed by atoms with Crippen molar-refractivity contribution < 1.29 is 9.47 Å². The smallest absolute Gasteiger partial charge is 0.322 e. The van der Waals surface area contributed by atoms with Crippen LogP contribution >= 0.6 is 0 Å². The standard InChI is InChI=1S/C21H28N4O2/c1-5-21(6-2)18-9-17(8-7-15(18)12-26-21)27-19-22-10-16(11-23-19)25-13-20(3,4)24-14-25/h7-11,24H,5-6,12-14H2,1-4H3. The number of hydrogen-bond donors (Lipinski definition) is 1. The molecular weight excluding hydrogens is 340 g/mol. The Kier molecular flexibility index (Phi) is 4.56. The van der Waals surface area contributed by atoms with Gasteiger partial charge in [-0.05, 0) is 49.9 Å². The third-order valence-electron chi connectivity index (χ3n) is 5.74. The molecule has 6 nitrogen and oxygen atoms in total. The summed E-state index contributed by atoms with van der Waals surface area (Å²) in [4.78, 5) is 11.0. The van der Waals surface area contributed by atoms with E-state index >= 15 is 0 Å². The van der Waals surface area contributed by atoms with Gasteiger partial charge in [0.05, 0.1) is 37.0 Å².